The van der Waals surface area contributed by atoms with Gasteiger partial charge in [0.15, 0.2) is 0 Å². The van der Waals surface area contributed by atoms with Crippen molar-refractivity contribution in [3.8, 4) is 0 Å². The lowest BCUT2D eigenvalue weighted by molar-refractivity contribution is 0.400. The van der Waals surface area contributed by atoms with Crippen LogP contribution >= 0.6 is 0 Å². The summed E-state index contributed by atoms with van der Waals surface area (Å²) in [7, 11) is -1.28. The molecule has 0 saturated heterocycles. The number of hydrogen-bond donors (Lipinski definition) is 2. The summed E-state index contributed by atoms with van der Waals surface area (Å²) in [4.78, 5) is 4.04. The lowest BCUT2D eigenvalue weighted by Crippen LogP contribution is -2.23. The molecule has 0 aromatic carbocycles. The summed E-state index contributed by atoms with van der Waals surface area (Å²) in [5, 5.41) is 17.4. The zero-order valence-electron chi connectivity index (χ0n) is 6.70. The van der Waals surface area contributed by atoms with Crippen molar-refractivity contribution in [3.05, 3.63) is 0 Å². The second-order valence-corrected chi connectivity index (χ2v) is 2.32. The first kappa shape index (κ1) is 9.65. The highest BCUT2D eigenvalue weighted by Gasteiger charge is 2.19. The lowest BCUT2D eigenvalue weighted by Gasteiger charge is -2.08. The van der Waals surface area contributed by atoms with Gasteiger partial charge >= 0.3 is 7.12 Å². The minimum Gasteiger partial charge on any atom is -0.427 e. The number of hydrogen-bond acceptors (Lipinski definition) is 3. The van der Waals surface area contributed by atoms with Gasteiger partial charge in [0.2, 0.25) is 0 Å². The fourth-order valence-electron chi connectivity index (χ4n) is 0.609. The van der Waals surface area contributed by atoms with E-state index in [2.05, 4.69) is 4.99 Å². The maximum atomic E-state index is 8.69. The molecular formula is C6H14BNO2. The molecule has 58 valence electrons. The Hall–Kier alpha value is -0.345. The summed E-state index contributed by atoms with van der Waals surface area (Å²) >= 11 is 0. The van der Waals surface area contributed by atoms with Crippen molar-refractivity contribution in [3.63, 3.8) is 0 Å². The van der Waals surface area contributed by atoms with Crippen LogP contribution in [-0.2, 0) is 0 Å². The predicted octanol–water partition coefficient (Wildman–Crippen LogP) is 0.330. The van der Waals surface area contributed by atoms with E-state index in [1.165, 1.54) is 0 Å². The smallest absolute Gasteiger partial charge is 0.427 e. The zero-order chi connectivity index (χ0) is 8.15. The molecule has 1 atom stereocenters. The average Bonchev–Trinajstić information content (AvgIpc) is 1.87. The second-order valence-electron chi connectivity index (χ2n) is 2.32. The van der Waals surface area contributed by atoms with Crippen LogP contribution in [0.5, 0.6) is 0 Å². The fourth-order valence-corrected chi connectivity index (χ4v) is 0.609. The third-order valence-corrected chi connectivity index (χ3v) is 1.51. The molecule has 0 aliphatic rings. The van der Waals surface area contributed by atoms with Crippen molar-refractivity contribution in [2.45, 2.75) is 26.6 Å². The number of rotatable bonds is 3. The van der Waals surface area contributed by atoms with Crippen LogP contribution in [0.2, 0.25) is 5.82 Å². The molecule has 0 radical (unpaired) electrons. The molecule has 0 spiro atoms. The van der Waals surface area contributed by atoms with Crippen molar-refractivity contribution < 1.29 is 10.0 Å². The van der Waals surface area contributed by atoms with Crippen LogP contribution in [-0.4, -0.2) is 29.4 Å². The zero-order valence-corrected chi connectivity index (χ0v) is 6.70. The number of aliphatic imine (C=N–C) groups is 1. The van der Waals surface area contributed by atoms with Crippen molar-refractivity contribution >= 4 is 12.8 Å². The summed E-state index contributed by atoms with van der Waals surface area (Å²) in [6.45, 7) is 6.15. The minimum absolute atomic E-state index is 0.250. The van der Waals surface area contributed by atoms with E-state index in [-0.39, 0.29) is 5.82 Å². The van der Waals surface area contributed by atoms with Crippen molar-refractivity contribution in [2.24, 2.45) is 4.99 Å². The third kappa shape index (κ3) is 2.99. The first-order valence-corrected chi connectivity index (χ1v) is 3.46. The first-order chi connectivity index (χ1) is 4.59. The van der Waals surface area contributed by atoms with E-state index in [1.807, 2.05) is 6.92 Å². The summed E-state index contributed by atoms with van der Waals surface area (Å²) in [5.74, 6) is -0.250. The van der Waals surface area contributed by atoms with Gasteiger partial charge in [0, 0.05) is 18.1 Å². The molecule has 0 aromatic heterocycles. The van der Waals surface area contributed by atoms with E-state index in [0.717, 1.165) is 5.71 Å². The molecule has 3 nitrogen and oxygen atoms in total. The Balaban J connectivity index is 3.93. The largest absolute Gasteiger partial charge is 0.460 e. The monoisotopic (exact) mass is 143 g/mol. The minimum atomic E-state index is -1.28. The van der Waals surface area contributed by atoms with Gasteiger partial charge in [-0.25, -0.2) is 0 Å². The van der Waals surface area contributed by atoms with Crippen LogP contribution in [0.3, 0.4) is 0 Å². The second kappa shape index (κ2) is 4.47. The Morgan fingerprint density at radius 2 is 2.10 bits per heavy atom. The quantitative estimate of drug-likeness (QED) is 0.441. The van der Waals surface area contributed by atoms with Gasteiger partial charge < -0.3 is 10.0 Å². The molecule has 0 aliphatic carbocycles. The Labute approximate surface area is 61.9 Å². The molecule has 1 unspecified atom stereocenters. The van der Waals surface area contributed by atoms with Gasteiger partial charge in [-0.2, -0.15) is 0 Å². The third-order valence-electron chi connectivity index (χ3n) is 1.51. The Kier molecular flexibility index (Phi) is 4.31. The van der Waals surface area contributed by atoms with E-state index < -0.39 is 7.12 Å². The molecule has 0 heterocycles. The van der Waals surface area contributed by atoms with Gasteiger partial charge in [0.25, 0.3) is 0 Å². The van der Waals surface area contributed by atoms with E-state index in [0.29, 0.717) is 6.54 Å². The normalized spacial score (nSPS) is 15.1. The van der Waals surface area contributed by atoms with Gasteiger partial charge in [-0.15, -0.1) is 0 Å². The van der Waals surface area contributed by atoms with E-state index >= 15 is 0 Å². The Morgan fingerprint density at radius 1 is 1.60 bits per heavy atom. The van der Waals surface area contributed by atoms with Crippen LogP contribution in [0.1, 0.15) is 20.8 Å². The maximum absolute atomic E-state index is 8.69. The van der Waals surface area contributed by atoms with Crippen molar-refractivity contribution in [2.75, 3.05) is 6.54 Å². The Morgan fingerprint density at radius 3 is 2.40 bits per heavy atom. The molecule has 0 bridgehead atoms. The highest BCUT2D eigenvalue weighted by Crippen LogP contribution is 2.07. The van der Waals surface area contributed by atoms with E-state index in [9.17, 15) is 0 Å². The van der Waals surface area contributed by atoms with Gasteiger partial charge in [0.05, 0.1) is 0 Å². The molecule has 2 N–H and O–H groups in total. The average molecular weight is 143 g/mol. The standard InChI is InChI=1S/C6H14BNO2/c1-4-8-6(3)5(2)7(9)10/h5,9-10H,4H2,1-3H3/b8-6-. The molecule has 4 heteroatoms. The Bertz CT molecular complexity index is 125. The summed E-state index contributed by atoms with van der Waals surface area (Å²) in [6.07, 6.45) is 0. The lowest BCUT2D eigenvalue weighted by atomic mass is 9.72. The molecule has 0 saturated carbocycles. The summed E-state index contributed by atoms with van der Waals surface area (Å²) in [6, 6.07) is 0. The molecule has 0 amide bonds. The van der Waals surface area contributed by atoms with E-state index in [4.69, 9.17) is 10.0 Å². The fraction of sp³-hybridized carbons (Fsp3) is 0.833. The first-order valence-electron chi connectivity index (χ1n) is 3.46. The van der Waals surface area contributed by atoms with Crippen LogP contribution in [0, 0.1) is 0 Å². The molecule has 0 aliphatic heterocycles. The van der Waals surface area contributed by atoms with Crippen LogP contribution in [0.4, 0.5) is 0 Å². The number of nitrogens with zero attached hydrogens (tertiary/aromatic N) is 1. The summed E-state index contributed by atoms with van der Waals surface area (Å²) in [5.41, 5.74) is 0.789. The molecule has 10 heavy (non-hydrogen) atoms. The highest BCUT2D eigenvalue weighted by atomic mass is 16.4. The van der Waals surface area contributed by atoms with Crippen molar-refractivity contribution in [1.29, 1.82) is 0 Å². The highest BCUT2D eigenvalue weighted by molar-refractivity contribution is 6.49. The molecule has 0 fully saturated rings. The molecular weight excluding hydrogens is 129 g/mol. The predicted molar refractivity (Wildman–Crippen MR) is 43.3 cm³/mol. The van der Waals surface area contributed by atoms with Crippen molar-refractivity contribution in [1.82, 2.24) is 0 Å². The molecule has 0 aromatic rings. The summed E-state index contributed by atoms with van der Waals surface area (Å²) < 4.78 is 0. The topological polar surface area (TPSA) is 52.8 Å². The van der Waals surface area contributed by atoms with Gasteiger partial charge in [-0.1, -0.05) is 6.92 Å². The van der Waals surface area contributed by atoms with Gasteiger partial charge in [-0.05, 0) is 13.8 Å². The van der Waals surface area contributed by atoms with Crippen LogP contribution in [0.25, 0.3) is 0 Å². The molecule has 0 rings (SSSR count). The maximum Gasteiger partial charge on any atom is 0.460 e. The van der Waals surface area contributed by atoms with E-state index in [1.54, 1.807) is 13.8 Å². The van der Waals surface area contributed by atoms with Crippen LogP contribution < -0.4 is 0 Å². The SMILES string of the molecule is CC/N=C(/C)C(C)B(O)O. The van der Waals surface area contributed by atoms with Crippen LogP contribution in [0.15, 0.2) is 4.99 Å². The van der Waals surface area contributed by atoms with Gasteiger partial charge in [0.1, 0.15) is 0 Å². The van der Waals surface area contributed by atoms with Gasteiger partial charge in [-0.3, -0.25) is 4.99 Å².